The van der Waals surface area contributed by atoms with Crippen molar-refractivity contribution in [2.75, 3.05) is 0 Å². The number of hydrazine groups is 1. The topological polar surface area (TPSA) is 32.3 Å². The lowest BCUT2D eigenvalue weighted by molar-refractivity contribution is -0.127. The molecule has 1 aromatic carbocycles. The van der Waals surface area contributed by atoms with Crippen LogP contribution in [-0.4, -0.2) is 23.0 Å². The Hall–Kier alpha value is -1.35. The fraction of sp³-hybridized carbons (Fsp3) is 0.533. The van der Waals surface area contributed by atoms with Crippen molar-refractivity contribution in [1.29, 1.82) is 0 Å². The summed E-state index contributed by atoms with van der Waals surface area (Å²) in [7, 11) is 0. The molecule has 0 heterocycles. The second kappa shape index (κ2) is 7.17. The Balaban J connectivity index is 2.41. The third-order valence-electron chi connectivity index (χ3n) is 2.85. The van der Waals surface area contributed by atoms with E-state index in [1.54, 1.807) is 0 Å². The van der Waals surface area contributed by atoms with Gasteiger partial charge in [0.05, 0.1) is 0 Å². The number of carbonyl (C=O) groups excluding carboxylic acids is 1. The summed E-state index contributed by atoms with van der Waals surface area (Å²) in [6.45, 7) is 8.32. The first kappa shape index (κ1) is 14.7. The highest BCUT2D eigenvalue weighted by Gasteiger charge is 2.15. The zero-order valence-corrected chi connectivity index (χ0v) is 11.8. The molecular weight excluding hydrogens is 224 g/mol. The predicted octanol–water partition coefficient (Wildman–Crippen LogP) is 2.77. The third kappa shape index (κ3) is 4.88. The van der Waals surface area contributed by atoms with Crippen molar-refractivity contribution in [3.63, 3.8) is 0 Å². The second-order valence-electron chi connectivity index (χ2n) is 5.12. The smallest absolute Gasteiger partial charge is 0.234 e. The molecule has 1 aromatic rings. The Bertz CT molecular complexity index is 352. The van der Waals surface area contributed by atoms with Gasteiger partial charge in [0.1, 0.15) is 0 Å². The van der Waals surface area contributed by atoms with Crippen molar-refractivity contribution in [2.24, 2.45) is 0 Å². The van der Waals surface area contributed by atoms with E-state index >= 15 is 0 Å². The molecule has 100 valence electrons. The lowest BCUT2D eigenvalue weighted by atomic mass is 10.1. The molecule has 1 amide bonds. The minimum Gasteiger partial charge on any atom is -0.288 e. The van der Waals surface area contributed by atoms with Gasteiger partial charge < -0.3 is 0 Å². The number of nitrogens with zero attached hydrogens (tertiary/aromatic N) is 1. The Morgan fingerprint density at radius 3 is 2.17 bits per heavy atom. The molecule has 0 aromatic heterocycles. The third-order valence-corrected chi connectivity index (χ3v) is 2.85. The van der Waals surface area contributed by atoms with E-state index in [9.17, 15) is 4.79 Å². The molecule has 0 saturated heterocycles. The van der Waals surface area contributed by atoms with Gasteiger partial charge >= 0.3 is 0 Å². The zero-order valence-electron chi connectivity index (χ0n) is 11.8. The van der Waals surface area contributed by atoms with Gasteiger partial charge in [0, 0.05) is 18.5 Å². The van der Waals surface area contributed by atoms with Crippen LogP contribution in [0.1, 0.15) is 39.7 Å². The van der Waals surface area contributed by atoms with Crippen LogP contribution in [0.5, 0.6) is 0 Å². The van der Waals surface area contributed by atoms with Gasteiger partial charge in [0.25, 0.3) is 0 Å². The summed E-state index contributed by atoms with van der Waals surface area (Å²) in [4.78, 5) is 11.9. The Morgan fingerprint density at radius 1 is 1.11 bits per heavy atom. The molecule has 1 N–H and O–H groups in total. The van der Waals surface area contributed by atoms with Crippen LogP contribution in [0.2, 0.25) is 0 Å². The van der Waals surface area contributed by atoms with Gasteiger partial charge in [-0.1, -0.05) is 30.3 Å². The summed E-state index contributed by atoms with van der Waals surface area (Å²) in [6, 6.07) is 10.7. The highest BCUT2D eigenvalue weighted by atomic mass is 16.2. The van der Waals surface area contributed by atoms with Gasteiger partial charge in [-0.25, -0.2) is 5.01 Å². The fourth-order valence-corrected chi connectivity index (χ4v) is 1.96. The van der Waals surface area contributed by atoms with E-state index < -0.39 is 0 Å². The molecule has 0 bridgehead atoms. The number of aryl methyl sites for hydroxylation is 1. The zero-order chi connectivity index (χ0) is 13.5. The van der Waals surface area contributed by atoms with Crippen molar-refractivity contribution < 1.29 is 4.79 Å². The van der Waals surface area contributed by atoms with E-state index in [0.717, 1.165) is 6.42 Å². The van der Waals surface area contributed by atoms with Crippen molar-refractivity contribution in [1.82, 2.24) is 10.4 Å². The number of hydrogen-bond donors (Lipinski definition) is 1. The van der Waals surface area contributed by atoms with Crippen LogP contribution in [0, 0.1) is 0 Å². The van der Waals surface area contributed by atoms with Gasteiger partial charge in [-0.2, -0.15) is 0 Å². The normalized spacial score (nSPS) is 11.3. The minimum atomic E-state index is 0.0845. The maximum absolute atomic E-state index is 11.9. The van der Waals surface area contributed by atoms with Gasteiger partial charge in [0.15, 0.2) is 0 Å². The lowest BCUT2D eigenvalue weighted by Crippen LogP contribution is -2.50. The summed E-state index contributed by atoms with van der Waals surface area (Å²) >= 11 is 0. The quantitative estimate of drug-likeness (QED) is 0.785. The average molecular weight is 248 g/mol. The van der Waals surface area contributed by atoms with Crippen LogP contribution in [0.4, 0.5) is 0 Å². The second-order valence-corrected chi connectivity index (χ2v) is 5.12. The van der Waals surface area contributed by atoms with Gasteiger partial charge in [-0.05, 0) is 39.7 Å². The van der Waals surface area contributed by atoms with E-state index in [2.05, 4.69) is 45.3 Å². The number of nitrogens with one attached hydrogen (secondary N) is 1. The Kier molecular flexibility index (Phi) is 5.86. The number of amides is 1. The lowest BCUT2D eigenvalue weighted by Gasteiger charge is -2.30. The molecule has 0 saturated carbocycles. The van der Waals surface area contributed by atoms with Crippen LogP contribution >= 0.6 is 0 Å². The number of hydrogen-bond acceptors (Lipinski definition) is 2. The molecule has 0 fully saturated rings. The molecular formula is C15H24N2O. The standard InChI is InChI=1S/C15H24N2O/c1-12(2)17(13(3)4)16-15(18)11-10-14-8-6-5-7-9-14/h5-9,12-13H,10-11H2,1-4H3,(H,16,18). The van der Waals surface area contributed by atoms with Crippen molar-refractivity contribution in [2.45, 2.75) is 52.6 Å². The predicted molar refractivity (Wildman–Crippen MR) is 75.0 cm³/mol. The van der Waals surface area contributed by atoms with E-state index in [-0.39, 0.29) is 5.91 Å². The Morgan fingerprint density at radius 2 is 1.67 bits per heavy atom. The summed E-state index contributed by atoms with van der Waals surface area (Å²) in [5.74, 6) is 0.0845. The average Bonchev–Trinajstić information content (AvgIpc) is 2.34. The maximum Gasteiger partial charge on any atom is 0.234 e. The molecule has 3 heteroatoms. The van der Waals surface area contributed by atoms with E-state index in [1.807, 2.05) is 23.2 Å². The van der Waals surface area contributed by atoms with Crippen LogP contribution in [0.15, 0.2) is 30.3 Å². The van der Waals surface area contributed by atoms with E-state index in [0.29, 0.717) is 18.5 Å². The summed E-state index contributed by atoms with van der Waals surface area (Å²) in [5.41, 5.74) is 4.18. The van der Waals surface area contributed by atoms with Gasteiger partial charge in [-0.3, -0.25) is 10.2 Å². The van der Waals surface area contributed by atoms with Gasteiger partial charge in [0.2, 0.25) is 5.91 Å². The first-order chi connectivity index (χ1) is 8.50. The van der Waals surface area contributed by atoms with Crippen LogP contribution in [0.25, 0.3) is 0 Å². The summed E-state index contributed by atoms with van der Waals surface area (Å²) < 4.78 is 0. The molecule has 0 aliphatic carbocycles. The molecule has 0 radical (unpaired) electrons. The number of benzene rings is 1. The minimum absolute atomic E-state index is 0.0845. The van der Waals surface area contributed by atoms with Crippen LogP contribution in [-0.2, 0) is 11.2 Å². The molecule has 0 atom stereocenters. The molecule has 0 spiro atoms. The largest absolute Gasteiger partial charge is 0.288 e. The molecule has 0 aliphatic heterocycles. The molecule has 18 heavy (non-hydrogen) atoms. The highest BCUT2D eigenvalue weighted by molar-refractivity contribution is 5.75. The number of carbonyl (C=O) groups is 1. The maximum atomic E-state index is 11.9. The van der Waals surface area contributed by atoms with Crippen LogP contribution < -0.4 is 5.43 Å². The van der Waals surface area contributed by atoms with Crippen LogP contribution in [0.3, 0.4) is 0 Å². The van der Waals surface area contributed by atoms with Crippen molar-refractivity contribution >= 4 is 5.91 Å². The monoisotopic (exact) mass is 248 g/mol. The SMILES string of the molecule is CC(C)N(NC(=O)CCc1ccccc1)C(C)C. The van der Waals surface area contributed by atoms with Crippen molar-refractivity contribution in [3.8, 4) is 0 Å². The number of rotatable bonds is 6. The summed E-state index contributed by atoms with van der Waals surface area (Å²) in [6.07, 6.45) is 1.32. The van der Waals surface area contributed by atoms with E-state index in [1.165, 1.54) is 5.56 Å². The Labute approximate surface area is 110 Å². The van der Waals surface area contributed by atoms with Gasteiger partial charge in [-0.15, -0.1) is 0 Å². The first-order valence-corrected chi connectivity index (χ1v) is 6.62. The van der Waals surface area contributed by atoms with Crippen molar-refractivity contribution in [3.05, 3.63) is 35.9 Å². The molecule has 0 unspecified atom stereocenters. The first-order valence-electron chi connectivity index (χ1n) is 6.62. The fourth-order valence-electron chi connectivity index (χ4n) is 1.96. The summed E-state index contributed by atoms with van der Waals surface area (Å²) in [5, 5.41) is 1.99. The molecule has 0 aliphatic rings. The highest BCUT2D eigenvalue weighted by Crippen LogP contribution is 2.04. The molecule has 1 rings (SSSR count). The van der Waals surface area contributed by atoms with E-state index in [4.69, 9.17) is 0 Å². The molecule has 3 nitrogen and oxygen atoms in total.